The predicted octanol–water partition coefficient (Wildman–Crippen LogP) is 2.38. The largest absolute Gasteiger partial charge is 0.508 e. The molecule has 1 aromatic rings. The molecule has 1 aromatic carbocycles. The van der Waals surface area contributed by atoms with Crippen molar-refractivity contribution in [2.24, 2.45) is 5.73 Å². The van der Waals surface area contributed by atoms with Crippen LogP contribution in [0.4, 0.5) is 0 Å². The van der Waals surface area contributed by atoms with Gasteiger partial charge in [-0.2, -0.15) is 0 Å². The average Bonchev–Trinajstić information content (AvgIpc) is 2.26. The van der Waals surface area contributed by atoms with Gasteiger partial charge >= 0.3 is 5.97 Å². The standard InChI is InChI=1S/C13H19NO3/c1-8(2)9-3-5-12(15)10(7-9)11(14)4-6-13(16)17/h3,5,7-8,11,15H,4,6,14H2,1-2H3,(H,16,17). The molecule has 0 amide bonds. The van der Waals surface area contributed by atoms with E-state index in [0.29, 0.717) is 17.9 Å². The monoisotopic (exact) mass is 237 g/mol. The first kappa shape index (κ1) is 13.5. The summed E-state index contributed by atoms with van der Waals surface area (Å²) in [5.74, 6) is -0.395. The number of phenols is 1. The van der Waals surface area contributed by atoms with E-state index in [0.717, 1.165) is 5.56 Å². The Balaban J connectivity index is 2.87. The number of phenolic OH excluding ortho intramolecular Hbond substituents is 1. The predicted molar refractivity (Wildman–Crippen MR) is 66.0 cm³/mol. The molecule has 0 aliphatic carbocycles. The quantitative estimate of drug-likeness (QED) is 0.734. The fourth-order valence-electron chi connectivity index (χ4n) is 1.66. The molecule has 0 radical (unpaired) electrons. The maximum Gasteiger partial charge on any atom is 0.303 e. The molecule has 17 heavy (non-hydrogen) atoms. The van der Waals surface area contributed by atoms with Crippen LogP contribution in [-0.4, -0.2) is 16.2 Å². The second-order valence-corrected chi connectivity index (χ2v) is 4.51. The number of carboxylic acids is 1. The summed E-state index contributed by atoms with van der Waals surface area (Å²) >= 11 is 0. The molecule has 1 atom stereocenters. The molecule has 4 N–H and O–H groups in total. The lowest BCUT2D eigenvalue weighted by Crippen LogP contribution is -2.13. The Labute approximate surface area is 101 Å². The molecule has 0 aliphatic rings. The number of hydrogen-bond donors (Lipinski definition) is 3. The van der Waals surface area contributed by atoms with Gasteiger partial charge in [0.25, 0.3) is 0 Å². The number of benzene rings is 1. The number of rotatable bonds is 5. The third-order valence-electron chi connectivity index (χ3n) is 2.79. The van der Waals surface area contributed by atoms with Crippen LogP contribution in [0.25, 0.3) is 0 Å². The molecular formula is C13H19NO3. The molecule has 0 bridgehead atoms. The Morgan fingerprint density at radius 3 is 2.59 bits per heavy atom. The lowest BCUT2D eigenvalue weighted by atomic mass is 9.95. The summed E-state index contributed by atoms with van der Waals surface area (Å²) in [5, 5.41) is 18.3. The number of aromatic hydroxyl groups is 1. The van der Waals surface area contributed by atoms with Crippen LogP contribution in [0.15, 0.2) is 18.2 Å². The number of hydrogen-bond acceptors (Lipinski definition) is 3. The Morgan fingerprint density at radius 1 is 1.41 bits per heavy atom. The van der Waals surface area contributed by atoms with Crippen molar-refractivity contribution in [2.75, 3.05) is 0 Å². The lowest BCUT2D eigenvalue weighted by molar-refractivity contribution is -0.137. The summed E-state index contributed by atoms with van der Waals surface area (Å²) in [6.45, 7) is 4.11. The van der Waals surface area contributed by atoms with Crippen molar-refractivity contribution in [1.82, 2.24) is 0 Å². The minimum Gasteiger partial charge on any atom is -0.508 e. The van der Waals surface area contributed by atoms with Gasteiger partial charge in [0, 0.05) is 18.0 Å². The molecule has 0 spiro atoms. The van der Waals surface area contributed by atoms with Crippen molar-refractivity contribution in [2.45, 2.75) is 38.6 Å². The number of aliphatic carboxylic acids is 1. The lowest BCUT2D eigenvalue weighted by Gasteiger charge is -2.15. The summed E-state index contributed by atoms with van der Waals surface area (Å²) in [5.41, 5.74) is 7.60. The average molecular weight is 237 g/mol. The van der Waals surface area contributed by atoms with Crippen molar-refractivity contribution < 1.29 is 15.0 Å². The SMILES string of the molecule is CC(C)c1ccc(O)c(C(N)CCC(=O)O)c1. The Bertz CT molecular complexity index is 402. The zero-order valence-corrected chi connectivity index (χ0v) is 10.2. The topological polar surface area (TPSA) is 83.5 Å². The van der Waals surface area contributed by atoms with Gasteiger partial charge in [-0.1, -0.05) is 26.0 Å². The van der Waals surface area contributed by atoms with Crippen LogP contribution in [0.1, 0.15) is 49.8 Å². The second kappa shape index (κ2) is 5.68. The molecule has 0 saturated heterocycles. The molecule has 0 saturated carbocycles. The van der Waals surface area contributed by atoms with Crippen molar-refractivity contribution in [3.63, 3.8) is 0 Å². The maximum atomic E-state index is 10.5. The molecular weight excluding hydrogens is 218 g/mol. The van der Waals surface area contributed by atoms with Crippen molar-refractivity contribution in [3.05, 3.63) is 29.3 Å². The molecule has 4 heteroatoms. The van der Waals surface area contributed by atoms with Gasteiger partial charge in [-0.15, -0.1) is 0 Å². The summed E-state index contributed by atoms with van der Waals surface area (Å²) < 4.78 is 0. The van der Waals surface area contributed by atoms with E-state index in [1.165, 1.54) is 0 Å². The van der Waals surface area contributed by atoms with Gasteiger partial charge in [-0.25, -0.2) is 0 Å². The van der Waals surface area contributed by atoms with Crippen LogP contribution in [0, 0.1) is 0 Å². The van der Waals surface area contributed by atoms with Gasteiger partial charge in [0.2, 0.25) is 0 Å². The normalized spacial score (nSPS) is 12.7. The van der Waals surface area contributed by atoms with E-state index in [4.69, 9.17) is 10.8 Å². The van der Waals surface area contributed by atoms with E-state index >= 15 is 0 Å². The summed E-state index contributed by atoms with van der Waals surface area (Å²) in [4.78, 5) is 10.5. The first-order chi connectivity index (χ1) is 7.91. The third-order valence-corrected chi connectivity index (χ3v) is 2.79. The highest BCUT2D eigenvalue weighted by Gasteiger charge is 2.14. The summed E-state index contributed by atoms with van der Waals surface area (Å²) in [6.07, 6.45) is 0.330. The maximum absolute atomic E-state index is 10.5. The van der Waals surface area contributed by atoms with Crippen molar-refractivity contribution in [3.8, 4) is 5.75 Å². The van der Waals surface area contributed by atoms with Crippen LogP contribution in [0.3, 0.4) is 0 Å². The van der Waals surface area contributed by atoms with E-state index in [1.807, 2.05) is 12.1 Å². The second-order valence-electron chi connectivity index (χ2n) is 4.51. The molecule has 0 heterocycles. The molecule has 0 aromatic heterocycles. The summed E-state index contributed by atoms with van der Waals surface area (Å²) in [6, 6.07) is 4.88. The number of carboxylic acid groups (broad SMARTS) is 1. The fraction of sp³-hybridized carbons (Fsp3) is 0.462. The van der Waals surface area contributed by atoms with Gasteiger partial charge in [0.05, 0.1) is 0 Å². The Hall–Kier alpha value is -1.55. The highest BCUT2D eigenvalue weighted by Crippen LogP contribution is 2.29. The van der Waals surface area contributed by atoms with E-state index < -0.39 is 12.0 Å². The van der Waals surface area contributed by atoms with E-state index in [1.54, 1.807) is 6.07 Å². The Kier molecular flexibility index (Phi) is 4.52. The van der Waals surface area contributed by atoms with E-state index in [-0.39, 0.29) is 12.2 Å². The Morgan fingerprint density at radius 2 is 2.06 bits per heavy atom. The minimum atomic E-state index is -0.875. The van der Waals surface area contributed by atoms with Crippen LogP contribution in [-0.2, 0) is 4.79 Å². The van der Waals surface area contributed by atoms with Crippen molar-refractivity contribution >= 4 is 5.97 Å². The minimum absolute atomic E-state index is 0.00646. The molecule has 94 valence electrons. The van der Waals surface area contributed by atoms with Gasteiger partial charge in [-0.05, 0) is 24.0 Å². The van der Waals surface area contributed by atoms with Gasteiger partial charge < -0.3 is 15.9 Å². The van der Waals surface area contributed by atoms with Gasteiger partial charge in [0.1, 0.15) is 5.75 Å². The fourth-order valence-corrected chi connectivity index (χ4v) is 1.66. The molecule has 0 fully saturated rings. The van der Waals surface area contributed by atoms with E-state index in [9.17, 15) is 9.90 Å². The first-order valence-corrected chi connectivity index (χ1v) is 5.72. The summed E-state index contributed by atoms with van der Waals surface area (Å²) in [7, 11) is 0. The molecule has 1 unspecified atom stereocenters. The molecule has 1 rings (SSSR count). The number of carbonyl (C=O) groups is 1. The zero-order chi connectivity index (χ0) is 13.0. The molecule has 0 aliphatic heterocycles. The van der Waals surface area contributed by atoms with Crippen LogP contribution in [0.2, 0.25) is 0 Å². The number of nitrogens with two attached hydrogens (primary N) is 1. The van der Waals surface area contributed by atoms with Gasteiger partial charge in [-0.3, -0.25) is 4.79 Å². The van der Waals surface area contributed by atoms with E-state index in [2.05, 4.69) is 13.8 Å². The third kappa shape index (κ3) is 3.75. The first-order valence-electron chi connectivity index (χ1n) is 5.72. The highest BCUT2D eigenvalue weighted by molar-refractivity contribution is 5.66. The molecule has 4 nitrogen and oxygen atoms in total. The smallest absolute Gasteiger partial charge is 0.303 e. The van der Waals surface area contributed by atoms with Crippen molar-refractivity contribution in [1.29, 1.82) is 0 Å². The van der Waals surface area contributed by atoms with Gasteiger partial charge in [0.15, 0.2) is 0 Å². The van der Waals surface area contributed by atoms with Crippen LogP contribution >= 0.6 is 0 Å². The van der Waals surface area contributed by atoms with Crippen LogP contribution < -0.4 is 5.73 Å². The van der Waals surface area contributed by atoms with Crippen LogP contribution in [0.5, 0.6) is 5.75 Å². The highest BCUT2D eigenvalue weighted by atomic mass is 16.4. The zero-order valence-electron chi connectivity index (χ0n) is 10.2.